The second-order valence-electron chi connectivity index (χ2n) is 6.40. The summed E-state index contributed by atoms with van der Waals surface area (Å²) in [6.45, 7) is 10.4. The normalized spacial score (nSPS) is 11.5. The number of carbonyl (C=O) groups is 1. The highest BCUT2D eigenvalue weighted by Gasteiger charge is 2.27. The van der Waals surface area contributed by atoms with Crippen LogP contribution in [-0.2, 0) is 11.3 Å². The van der Waals surface area contributed by atoms with E-state index in [4.69, 9.17) is 0 Å². The first-order valence-electron chi connectivity index (χ1n) is 8.32. The van der Waals surface area contributed by atoms with Crippen LogP contribution in [0.5, 0.6) is 0 Å². The molecule has 142 valence electrons. The maximum absolute atomic E-state index is 12.1. The van der Waals surface area contributed by atoms with E-state index in [2.05, 4.69) is 48.6 Å². The Morgan fingerprint density at radius 1 is 1.16 bits per heavy atom. The molecular weight excluding hydrogens is 495 g/mol. The van der Waals surface area contributed by atoms with Crippen LogP contribution in [0.25, 0.3) is 0 Å². The first kappa shape index (κ1) is 24.2. The Balaban J connectivity index is 0.00000576. The predicted octanol–water partition coefficient (Wildman–Crippen LogP) is 3.63. The van der Waals surface area contributed by atoms with Crippen LogP contribution in [0, 0.1) is 5.41 Å². The highest BCUT2D eigenvalue weighted by molar-refractivity contribution is 14.0. The summed E-state index contributed by atoms with van der Waals surface area (Å²) in [5, 5.41) is 6.16. The van der Waals surface area contributed by atoms with Crippen molar-refractivity contribution in [2.75, 3.05) is 26.7 Å². The number of nitrogens with zero attached hydrogens (tertiary/aromatic N) is 2. The van der Waals surface area contributed by atoms with Gasteiger partial charge in [-0.05, 0) is 45.4 Å². The van der Waals surface area contributed by atoms with Crippen LogP contribution in [0.15, 0.2) is 33.7 Å². The monoisotopic (exact) mass is 524 g/mol. The number of amides is 1. The Morgan fingerprint density at radius 2 is 1.72 bits per heavy atom. The van der Waals surface area contributed by atoms with Crippen molar-refractivity contribution < 1.29 is 4.79 Å². The molecule has 0 atom stereocenters. The molecule has 7 heteroatoms. The van der Waals surface area contributed by atoms with Gasteiger partial charge in [-0.1, -0.05) is 28.1 Å². The van der Waals surface area contributed by atoms with Gasteiger partial charge in [0.1, 0.15) is 0 Å². The van der Waals surface area contributed by atoms with Gasteiger partial charge in [0.25, 0.3) is 0 Å². The van der Waals surface area contributed by atoms with Crippen molar-refractivity contribution in [1.82, 2.24) is 15.5 Å². The predicted molar refractivity (Wildman–Crippen MR) is 119 cm³/mol. The van der Waals surface area contributed by atoms with Crippen molar-refractivity contribution in [2.45, 2.75) is 34.2 Å². The van der Waals surface area contributed by atoms with Gasteiger partial charge >= 0.3 is 0 Å². The van der Waals surface area contributed by atoms with Crippen molar-refractivity contribution >= 4 is 51.8 Å². The number of nitrogens with one attached hydrogen (secondary N) is 2. The van der Waals surface area contributed by atoms with Gasteiger partial charge < -0.3 is 15.5 Å². The molecule has 1 aromatic rings. The van der Waals surface area contributed by atoms with E-state index in [0.717, 1.165) is 23.5 Å². The summed E-state index contributed by atoms with van der Waals surface area (Å²) < 4.78 is 1.07. The molecule has 5 nitrogen and oxygen atoms in total. The van der Waals surface area contributed by atoms with Gasteiger partial charge in [0.2, 0.25) is 5.91 Å². The summed E-state index contributed by atoms with van der Waals surface area (Å²) in [7, 11) is 2.00. The molecule has 0 spiro atoms. The molecule has 0 radical (unpaired) electrons. The number of rotatable bonds is 7. The lowest BCUT2D eigenvalue weighted by Gasteiger charge is -2.25. The number of carbonyl (C=O) groups excluding carboxylic acids is 1. The molecule has 0 saturated carbocycles. The standard InChI is InChI=1S/C18H29BrN4O.HI/c1-6-20-16(24)18(3,4)13-22-17(21-7-2)23(5)12-14-8-10-15(19)11-9-14;/h8-11H,6-7,12-13H2,1-5H3,(H,20,24)(H,21,22);1H. The molecule has 0 fully saturated rings. The van der Waals surface area contributed by atoms with E-state index in [-0.39, 0.29) is 29.9 Å². The molecule has 0 heterocycles. The molecule has 0 unspecified atom stereocenters. The molecule has 1 amide bonds. The first-order chi connectivity index (χ1) is 11.3. The van der Waals surface area contributed by atoms with Crippen LogP contribution in [-0.4, -0.2) is 43.4 Å². The summed E-state index contributed by atoms with van der Waals surface area (Å²) in [6.07, 6.45) is 0. The molecule has 1 aromatic carbocycles. The fourth-order valence-electron chi connectivity index (χ4n) is 2.15. The minimum absolute atomic E-state index is 0. The second-order valence-corrected chi connectivity index (χ2v) is 7.31. The van der Waals surface area contributed by atoms with Crippen LogP contribution in [0.3, 0.4) is 0 Å². The SMILES string of the molecule is CCNC(=O)C(C)(C)CN=C(NCC)N(C)Cc1ccc(Br)cc1.I. The molecule has 0 aliphatic heterocycles. The van der Waals surface area contributed by atoms with E-state index in [1.807, 2.05) is 46.9 Å². The molecule has 0 aliphatic carbocycles. The van der Waals surface area contributed by atoms with Crippen molar-refractivity contribution in [1.29, 1.82) is 0 Å². The third-order valence-electron chi connectivity index (χ3n) is 3.61. The molecule has 1 rings (SSSR count). The number of guanidine groups is 1. The van der Waals surface area contributed by atoms with Gasteiger partial charge in [0.05, 0.1) is 12.0 Å². The second kappa shape index (κ2) is 11.7. The highest BCUT2D eigenvalue weighted by Crippen LogP contribution is 2.16. The smallest absolute Gasteiger partial charge is 0.227 e. The first-order valence-corrected chi connectivity index (χ1v) is 9.11. The Hall–Kier alpha value is -0.830. The lowest BCUT2D eigenvalue weighted by atomic mass is 9.92. The summed E-state index contributed by atoms with van der Waals surface area (Å²) >= 11 is 3.45. The fourth-order valence-corrected chi connectivity index (χ4v) is 2.42. The molecule has 0 aromatic heterocycles. The summed E-state index contributed by atoms with van der Waals surface area (Å²) in [5.41, 5.74) is 0.670. The zero-order valence-corrected chi connectivity index (χ0v) is 19.6. The van der Waals surface area contributed by atoms with Gasteiger partial charge in [0.15, 0.2) is 5.96 Å². The van der Waals surface area contributed by atoms with Crippen LogP contribution in [0.4, 0.5) is 0 Å². The average molecular weight is 525 g/mol. The van der Waals surface area contributed by atoms with E-state index in [0.29, 0.717) is 13.1 Å². The van der Waals surface area contributed by atoms with Gasteiger partial charge in [0, 0.05) is 31.2 Å². The third kappa shape index (κ3) is 8.40. The number of benzene rings is 1. The highest BCUT2D eigenvalue weighted by atomic mass is 127. The topological polar surface area (TPSA) is 56.7 Å². The number of hydrogen-bond donors (Lipinski definition) is 2. The minimum atomic E-state index is -0.533. The van der Waals surface area contributed by atoms with Crippen molar-refractivity contribution in [2.24, 2.45) is 10.4 Å². The molecule has 0 aliphatic rings. The average Bonchev–Trinajstić information content (AvgIpc) is 2.53. The van der Waals surface area contributed by atoms with E-state index < -0.39 is 5.41 Å². The largest absolute Gasteiger partial charge is 0.357 e. The minimum Gasteiger partial charge on any atom is -0.357 e. The quantitative estimate of drug-likeness (QED) is 0.325. The lowest BCUT2D eigenvalue weighted by molar-refractivity contribution is -0.128. The third-order valence-corrected chi connectivity index (χ3v) is 4.13. The van der Waals surface area contributed by atoms with E-state index in [1.165, 1.54) is 5.56 Å². The maximum atomic E-state index is 12.1. The van der Waals surface area contributed by atoms with Gasteiger partial charge in [-0.25, -0.2) is 0 Å². The molecular formula is C18H30BrIN4O. The molecule has 0 bridgehead atoms. The van der Waals surface area contributed by atoms with Crippen molar-refractivity contribution in [3.8, 4) is 0 Å². The zero-order valence-electron chi connectivity index (χ0n) is 15.7. The summed E-state index contributed by atoms with van der Waals surface area (Å²) in [4.78, 5) is 18.8. The summed E-state index contributed by atoms with van der Waals surface area (Å²) in [5.74, 6) is 0.831. The molecule has 2 N–H and O–H groups in total. The maximum Gasteiger partial charge on any atom is 0.227 e. The van der Waals surface area contributed by atoms with Gasteiger partial charge in [-0.2, -0.15) is 0 Å². The van der Waals surface area contributed by atoms with Crippen molar-refractivity contribution in [3.05, 3.63) is 34.3 Å². The number of aliphatic imine (C=N–C) groups is 1. The van der Waals surface area contributed by atoms with Gasteiger partial charge in [-0.3, -0.25) is 9.79 Å². The molecule has 25 heavy (non-hydrogen) atoms. The Bertz CT molecular complexity index is 561. The van der Waals surface area contributed by atoms with E-state index >= 15 is 0 Å². The zero-order chi connectivity index (χ0) is 18.2. The van der Waals surface area contributed by atoms with E-state index in [1.54, 1.807) is 0 Å². The fraction of sp³-hybridized carbons (Fsp3) is 0.556. The Kier molecular flexibility index (Phi) is 11.3. The van der Waals surface area contributed by atoms with Gasteiger partial charge in [-0.15, -0.1) is 24.0 Å². The van der Waals surface area contributed by atoms with Crippen LogP contribution >= 0.6 is 39.9 Å². The summed E-state index contributed by atoms with van der Waals surface area (Å²) in [6, 6.07) is 8.24. The number of halogens is 2. The van der Waals surface area contributed by atoms with Crippen LogP contribution in [0.2, 0.25) is 0 Å². The Morgan fingerprint density at radius 3 is 2.24 bits per heavy atom. The Labute approximate surface area is 177 Å². The van der Waals surface area contributed by atoms with Crippen LogP contribution in [0.1, 0.15) is 33.3 Å². The van der Waals surface area contributed by atoms with Crippen molar-refractivity contribution in [3.63, 3.8) is 0 Å². The van der Waals surface area contributed by atoms with E-state index in [9.17, 15) is 4.79 Å². The molecule has 0 saturated heterocycles. The van der Waals surface area contributed by atoms with Crippen LogP contribution < -0.4 is 10.6 Å². The lowest BCUT2D eigenvalue weighted by Crippen LogP contribution is -2.42. The number of hydrogen-bond acceptors (Lipinski definition) is 2.